The molecule has 1 aliphatic carbocycles. The van der Waals surface area contributed by atoms with Gasteiger partial charge in [0.15, 0.2) is 11.5 Å². The fourth-order valence-corrected chi connectivity index (χ4v) is 4.25. The molecule has 0 aliphatic heterocycles. The van der Waals surface area contributed by atoms with Crippen LogP contribution < -0.4 is 14.8 Å². The highest BCUT2D eigenvalue weighted by molar-refractivity contribution is 14.1. The summed E-state index contributed by atoms with van der Waals surface area (Å²) in [7, 11) is 1.56. The van der Waals surface area contributed by atoms with Gasteiger partial charge in [0.2, 0.25) is 0 Å². The first-order valence-electron chi connectivity index (χ1n) is 9.67. The van der Waals surface area contributed by atoms with Crippen LogP contribution in [0.25, 0.3) is 6.08 Å². The molecule has 1 N–H and O–H groups in total. The third-order valence-electron chi connectivity index (χ3n) is 4.91. The molecule has 0 spiro atoms. The normalized spacial score (nSPS) is 14.3. The van der Waals surface area contributed by atoms with Crippen LogP contribution in [0.4, 0.5) is 0 Å². The molecule has 1 saturated carbocycles. The van der Waals surface area contributed by atoms with Crippen molar-refractivity contribution in [2.45, 2.75) is 38.3 Å². The summed E-state index contributed by atoms with van der Waals surface area (Å²) in [6.45, 7) is 0.367. The summed E-state index contributed by atoms with van der Waals surface area (Å²) in [5.41, 5.74) is 1.76. The number of carbonyl (C=O) groups is 1. The number of ether oxygens (including phenoxy) is 2. The molecule has 30 heavy (non-hydrogen) atoms. The van der Waals surface area contributed by atoms with E-state index >= 15 is 0 Å². The van der Waals surface area contributed by atoms with Gasteiger partial charge >= 0.3 is 0 Å². The number of nitrogens with zero attached hydrogens (tertiary/aromatic N) is 1. The van der Waals surface area contributed by atoms with Gasteiger partial charge in [0, 0.05) is 11.1 Å². The van der Waals surface area contributed by atoms with Gasteiger partial charge in [0.1, 0.15) is 18.2 Å². The third kappa shape index (κ3) is 5.89. The van der Waals surface area contributed by atoms with Crippen molar-refractivity contribution in [3.63, 3.8) is 0 Å². The molecule has 7 heteroatoms. The fourth-order valence-electron chi connectivity index (χ4n) is 3.35. The minimum atomic E-state index is -0.332. The Hall–Kier alpha value is -2.24. The van der Waals surface area contributed by atoms with Crippen LogP contribution in [0, 0.1) is 14.9 Å². The van der Waals surface area contributed by atoms with Gasteiger partial charge in [-0.25, -0.2) is 0 Å². The Kier molecular flexibility index (Phi) is 8.00. The predicted molar refractivity (Wildman–Crippen MR) is 125 cm³/mol. The predicted octanol–water partition coefficient (Wildman–Crippen LogP) is 5.50. The number of benzene rings is 2. The fraction of sp³-hybridized carbons (Fsp3) is 0.304. The lowest BCUT2D eigenvalue weighted by molar-refractivity contribution is -0.117. The molecule has 2 aromatic carbocycles. The van der Waals surface area contributed by atoms with Crippen LogP contribution in [0.1, 0.15) is 36.8 Å². The van der Waals surface area contributed by atoms with Crippen molar-refractivity contribution < 1.29 is 14.3 Å². The molecule has 0 bridgehead atoms. The molecule has 0 heterocycles. The SMILES string of the molecule is COc1cc(/C=C(\C#N)C(=O)NC2CCCC2)cc(I)c1OCc1ccc(Cl)cc1. The van der Waals surface area contributed by atoms with Crippen LogP contribution in [-0.2, 0) is 11.4 Å². The van der Waals surface area contributed by atoms with Crippen molar-refractivity contribution in [1.29, 1.82) is 5.26 Å². The van der Waals surface area contributed by atoms with Crippen molar-refractivity contribution in [2.75, 3.05) is 7.11 Å². The summed E-state index contributed by atoms with van der Waals surface area (Å²) in [6.07, 6.45) is 5.75. The average molecular weight is 537 g/mol. The van der Waals surface area contributed by atoms with Crippen molar-refractivity contribution in [3.05, 3.63) is 61.7 Å². The van der Waals surface area contributed by atoms with E-state index in [4.69, 9.17) is 21.1 Å². The maximum Gasteiger partial charge on any atom is 0.262 e. The van der Waals surface area contributed by atoms with Crippen molar-refractivity contribution in [3.8, 4) is 17.6 Å². The zero-order valence-electron chi connectivity index (χ0n) is 16.6. The molecular weight excluding hydrogens is 515 g/mol. The quantitative estimate of drug-likeness (QED) is 0.288. The van der Waals surface area contributed by atoms with E-state index in [9.17, 15) is 10.1 Å². The second kappa shape index (κ2) is 10.7. The Morgan fingerprint density at radius 3 is 2.63 bits per heavy atom. The molecule has 0 saturated heterocycles. The Labute approximate surface area is 195 Å². The lowest BCUT2D eigenvalue weighted by Crippen LogP contribution is -2.33. The molecule has 1 amide bonds. The second-order valence-electron chi connectivity index (χ2n) is 7.07. The van der Waals surface area contributed by atoms with E-state index in [0.29, 0.717) is 28.7 Å². The van der Waals surface area contributed by atoms with Gasteiger partial charge in [-0.15, -0.1) is 0 Å². The van der Waals surface area contributed by atoms with Crippen molar-refractivity contribution in [2.24, 2.45) is 0 Å². The monoisotopic (exact) mass is 536 g/mol. The smallest absolute Gasteiger partial charge is 0.262 e. The van der Waals surface area contributed by atoms with Gasteiger partial charge in [0.25, 0.3) is 5.91 Å². The molecule has 1 aliphatic rings. The van der Waals surface area contributed by atoms with E-state index in [2.05, 4.69) is 27.9 Å². The summed E-state index contributed by atoms with van der Waals surface area (Å²) in [4.78, 5) is 12.5. The number of hydrogen-bond acceptors (Lipinski definition) is 4. The number of carbonyl (C=O) groups excluding carboxylic acids is 1. The number of halogens is 2. The first kappa shape index (κ1) is 22.4. The number of nitrogens with one attached hydrogen (secondary N) is 1. The van der Waals surface area contributed by atoms with Crippen molar-refractivity contribution >= 4 is 46.2 Å². The summed E-state index contributed by atoms with van der Waals surface area (Å²) in [5, 5.41) is 13.1. The van der Waals surface area contributed by atoms with Gasteiger partial charge in [0.05, 0.1) is 10.7 Å². The summed E-state index contributed by atoms with van der Waals surface area (Å²) in [6, 6.07) is 13.2. The lowest BCUT2D eigenvalue weighted by atomic mass is 10.1. The summed E-state index contributed by atoms with van der Waals surface area (Å²) in [5.74, 6) is 0.816. The van der Waals surface area contributed by atoms with Crippen molar-refractivity contribution in [1.82, 2.24) is 5.32 Å². The molecular formula is C23H22ClIN2O3. The number of amides is 1. The molecule has 0 atom stereocenters. The van der Waals surface area contributed by atoms with Gasteiger partial charge < -0.3 is 14.8 Å². The minimum Gasteiger partial charge on any atom is -0.493 e. The highest BCUT2D eigenvalue weighted by atomic mass is 127. The first-order chi connectivity index (χ1) is 14.5. The first-order valence-corrected chi connectivity index (χ1v) is 11.1. The number of hydrogen-bond donors (Lipinski definition) is 1. The van der Waals surface area contributed by atoms with Crippen LogP contribution in [0.5, 0.6) is 11.5 Å². The van der Waals surface area contributed by atoms with Gasteiger partial charge in [-0.05, 0) is 76.9 Å². The van der Waals surface area contributed by atoms with Crippen LogP contribution in [0.2, 0.25) is 5.02 Å². The Bertz CT molecular complexity index is 977. The molecule has 156 valence electrons. The summed E-state index contributed by atoms with van der Waals surface area (Å²) < 4.78 is 12.3. The molecule has 1 fully saturated rings. The van der Waals surface area contributed by atoms with Crippen LogP contribution in [0.3, 0.4) is 0 Å². The van der Waals surface area contributed by atoms with E-state index in [1.54, 1.807) is 19.3 Å². The third-order valence-corrected chi connectivity index (χ3v) is 5.97. The molecule has 2 aromatic rings. The topological polar surface area (TPSA) is 71.3 Å². The Morgan fingerprint density at radius 1 is 1.30 bits per heavy atom. The summed E-state index contributed by atoms with van der Waals surface area (Å²) >= 11 is 8.08. The van der Waals surface area contributed by atoms with E-state index in [1.807, 2.05) is 36.4 Å². The van der Waals surface area contributed by atoms with E-state index in [-0.39, 0.29) is 17.5 Å². The van der Waals surface area contributed by atoms with E-state index in [1.165, 1.54) is 0 Å². The highest BCUT2D eigenvalue weighted by Crippen LogP contribution is 2.35. The lowest BCUT2D eigenvalue weighted by Gasteiger charge is -2.14. The van der Waals surface area contributed by atoms with Gasteiger partial charge in [-0.3, -0.25) is 4.79 Å². The largest absolute Gasteiger partial charge is 0.493 e. The zero-order valence-corrected chi connectivity index (χ0v) is 19.5. The maximum atomic E-state index is 12.5. The number of methoxy groups -OCH3 is 1. The molecule has 0 unspecified atom stereocenters. The average Bonchev–Trinajstić information content (AvgIpc) is 3.25. The van der Waals surface area contributed by atoms with Gasteiger partial charge in [-0.1, -0.05) is 36.6 Å². The molecule has 0 aromatic heterocycles. The van der Waals surface area contributed by atoms with E-state index in [0.717, 1.165) is 34.8 Å². The Balaban J connectivity index is 1.77. The molecule has 3 rings (SSSR count). The van der Waals surface area contributed by atoms with E-state index < -0.39 is 0 Å². The zero-order chi connectivity index (χ0) is 21.5. The molecule has 5 nitrogen and oxygen atoms in total. The number of nitriles is 1. The standard InChI is InChI=1S/C23H22ClIN2O3/c1-29-21-12-16(10-17(13-26)23(28)27-19-4-2-3-5-19)11-20(25)22(21)30-14-15-6-8-18(24)9-7-15/h6-12,19H,2-5,14H2,1H3,(H,27,28)/b17-10+. The Morgan fingerprint density at radius 2 is 2.00 bits per heavy atom. The number of rotatable bonds is 7. The minimum absolute atomic E-state index is 0.0783. The van der Waals surface area contributed by atoms with Crippen LogP contribution >= 0.6 is 34.2 Å². The van der Waals surface area contributed by atoms with Crippen LogP contribution in [0.15, 0.2) is 42.0 Å². The highest BCUT2D eigenvalue weighted by Gasteiger charge is 2.20. The molecule has 0 radical (unpaired) electrons. The van der Waals surface area contributed by atoms with Gasteiger partial charge in [-0.2, -0.15) is 5.26 Å². The van der Waals surface area contributed by atoms with Crippen LogP contribution in [-0.4, -0.2) is 19.1 Å². The maximum absolute atomic E-state index is 12.5. The second-order valence-corrected chi connectivity index (χ2v) is 8.67.